The lowest BCUT2D eigenvalue weighted by atomic mass is 10.1. The van der Waals surface area contributed by atoms with E-state index >= 15 is 0 Å². The summed E-state index contributed by atoms with van der Waals surface area (Å²) >= 11 is 0. The van der Waals surface area contributed by atoms with Crippen molar-refractivity contribution < 1.29 is 14.3 Å². The molecule has 0 N–H and O–H groups in total. The van der Waals surface area contributed by atoms with Gasteiger partial charge >= 0.3 is 0 Å². The Bertz CT molecular complexity index is 144. The SMILES string of the molecule is C#CCC([C]=O)C(OC)OC. The lowest BCUT2D eigenvalue weighted by Crippen LogP contribution is -2.25. The Hall–Kier alpha value is -0.850. The summed E-state index contributed by atoms with van der Waals surface area (Å²) in [4.78, 5) is 10.3. The van der Waals surface area contributed by atoms with Gasteiger partial charge in [0.25, 0.3) is 0 Å². The van der Waals surface area contributed by atoms with Crippen LogP contribution < -0.4 is 0 Å². The van der Waals surface area contributed by atoms with Gasteiger partial charge in [0.1, 0.15) is 0 Å². The molecule has 1 radical (unpaired) electrons. The Morgan fingerprint density at radius 3 is 2.27 bits per heavy atom. The average Bonchev–Trinajstić information content (AvgIpc) is 2.05. The summed E-state index contributed by atoms with van der Waals surface area (Å²) in [5.41, 5.74) is 0. The average molecular weight is 155 g/mol. The first kappa shape index (κ1) is 10.2. The molecule has 0 saturated carbocycles. The molecule has 61 valence electrons. The minimum atomic E-state index is -0.580. The highest BCUT2D eigenvalue weighted by Crippen LogP contribution is 2.08. The van der Waals surface area contributed by atoms with E-state index in [2.05, 4.69) is 5.92 Å². The number of ether oxygens (including phenoxy) is 2. The molecule has 0 spiro atoms. The standard InChI is InChI=1S/C8H11O3/c1-4-5-7(6-9)8(10-2)11-3/h1,7-8H,5H2,2-3H3. The van der Waals surface area contributed by atoms with Crippen molar-refractivity contribution in [3.05, 3.63) is 0 Å². The zero-order valence-corrected chi connectivity index (χ0v) is 6.66. The number of carbonyl (C=O) groups excluding carboxylic acids is 1. The molecule has 0 saturated heterocycles. The molecular formula is C8H11O3. The van der Waals surface area contributed by atoms with Crippen molar-refractivity contribution in [3.8, 4) is 12.3 Å². The second kappa shape index (κ2) is 5.90. The van der Waals surface area contributed by atoms with Crippen LogP contribution in [0, 0.1) is 18.3 Å². The van der Waals surface area contributed by atoms with Crippen LogP contribution in [0.25, 0.3) is 0 Å². The van der Waals surface area contributed by atoms with Crippen molar-refractivity contribution in [1.82, 2.24) is 0 Å². The van der Waals surface area contributed by atoms with E-state index in [0.29, 0.717) is 0 Å². The predicted octanol–water partition coefficient (Wildman–Crippen LogP) is 0.354. The molecule has 0 aliphatic carbocycles. The van der Waals surface area contributed by atoms with Gasteiger partial charge in [-0.2, -0.15) is 0 Å². The van der Waals surface area contributed by atoms with Crippen molar-refractivity contribution in [2.75, 3.05) is 14.2 Å². The van der Waals surface area contributed by atoms with Crippen LogP contribution in [-0.2, 0) is 14.3 Å². The summed E-state index contributed by atoms with van der Waals surface area (Å²) in [5.74, 6) is 1.85. The molecule has 0 fully saturated rings. The lowest BCUT2D eigenvalue weighted by Gasteiger charge is -2.16. The van der Waals surface area contributed by atoms with Gasteiger partial charge in [0.05, 0.1) is 5.92 Å². The number of methoxy groups -OCH3 is 2. The highest BCUT2D eigenvalue weighted by molar-refractivity contribution is 5.55. The van der Waals surface area contributed by atoms with Crippen LogP contribution in [-0.4, -0.2) is 26.8 Å². The second-order valence-corrected chi connectivity index (χ2v) is 1.97. The smallest absolute Gasteiger partial charge is 0.208 e. The van der Waals surface area contributed by atoms with E-state index in [1.165, 1.54) is 14.2 Å². The monoisotopic (exact) mass is 155 g/mol. The molecule has 0 aromatic rings. The zero-order valence-electron chi connectivity index (χ0n) is 6.66. The summed E-state index contributed by atoms with van der Waals surface area (Å²) in [6.45, 7) is 0. The molecule has 1 unspecified atom stereocenters. The first-order valence-corrected chi connectivity index (χ1v) is 3.16. The summed E-state index contributed by atoms with van der Waals surface area (Å²) in [7, 11) is 2.91. The molecule has 11 heavy (non-hydrogen) atoms. The highest BCUT2D eigenvalue weighted by atomic mass is 16.7. The van der Waals surface area contributed by atoms with E-state index in [4.69, 9.17) is 15.9 Å². The molecule has 0 rings (SSSR count). The fraction of sp³-hybridized carbons (Fsp3) is 0.625. The van der Waals surface area contributed by atoms with E-state index in [1.807, 2.05) is 0 Å². The Morgan fingerprint density at radius 1 is 1.45 bits per heavy atom. The van der Waals surface area contributed by atoms with Crippen molar-refractivity contribution in [2.24, 2.45) is 5.92 Å². The van der Waals surface area contributed by atoms with Gasteiger partial charge in [-0.1, -0.05) is 0 Å². The van der Waals surface area contributed by atoms with Gasteiger partial charge in [-0.05, 0) is 0 Å². The third-order valence-corrected chi connectivity index (χ3v) is 1.28. The van der Waals surface area contributed by atoms with E-state index < -0.39 is 12.2 Å². The Labute approximate surface area is 66.7 Å². The van der Waals surface area contributed by atoms with E-state index in [9.17, 15) is 4.79 Å². The molecule has 3 heteroatoms. The lowest BCUT2D eigenvalue weighted by molar-refractivity contribution is -0.121. The third kappa shape index (κ3) is 3.17. The minimum Gasteiger partial charge on any atom is -0.355 e. The van der Waals surface area contributed by atoms with Gasteiger partial charge in [-0.3, -0.25) is 4.79 Å². The fourth-order valence-electron chi connectivity index (χ4n) is 0.745. The third-order valence-electron chi connectivity index (χ3n) is 1.28. The maximum Gasteiger partial charge on any atom is 0.208 e. The molecule has 0 heterocycles. The fourth-order valence-corrected chi connectivity index (χ4v) is 0.745. The van der Waals surface area contributed by atoms with Crippen LogP contribution in [0.5, 0.6) is 0 Å². The molecule has 0 aromatic heterocycles. The highest BCUT2D eigenvalue weighted by Gasteiger charge is 2.19. The molecule has 0 amide bonds. The minimum absolute atomic E-state index is 0.288. The summed E-state index contributed by atoms with van der Waals surface area (Å²) in [6.07, 6.45) is 6.48. The van der Waals surface area contributed by atoms with Gasteiger partial charge in [0.15, 0.2) is 6.29 Å². The van der Waals surface area contributed by atoms with Gasteiger partial charge in [-0.15, -0.1) is 12.3 Å². The summed E-state index contributed by atoms with van der Waals surface area (Å²) in [6, 6.07) is 0. The quantitative estimate of drug-likeness (QED) is 0.424. The molecule has 3 nitrogen and oxygen atoms in total. The normalized spacial score (nSPS) is 12.5. The van der Waals surface area contributed by atoms with Gasteiger partial charge in [0, 0.05) is 20.6 Å². The first-order valence-electron chi connectivity index (χ1n) is 3.16. The van der Waals surface area contributed by atoms with Crippen LogP contribution in [0.3, 0.4) is 0 Å². The van der Waals surface area contributed by atoms with E-state index in [-0.39, 0.29) is 6.42 Å². The van der Waals surface area contributed by atoms with Crippen molar-refractivity contribution >= 4 is 6.29 Å². The number of hydrogen-bond acceptors (Lipinski definition) is 3. The Balaban J connectivity index is 3.99. The van der Waals surface area contributed by atoms with Gasteiger partial charge in [0.2, 0.25) is 6.29 Å². The van der Waals surface area contributed by atoms with Gasteiger partial charge < -0.3 is 9.47 Å². The largest absolute Gasteiger partial charge is 0.355 e. The molecule has 0 aromatic carbocycles. The number of rotatable bonds is 5. The summed E-state index contributed by atoms with van der Waals surface area (Å²) in [5, 5.41) is 0. The predicted molar refractivity (Wildman–Crippen MR) is 40.4 cm³/mol. The Morgan fingerprint density at radius 2 is 2.00 bits per heavy atom. The zero-order chi connectivity index (χ0) is 8.69. The van der Waals surface area contributed by atoms with Crippen LogP contribution in [0.2, 0.25) is 0 Å². The van der Waals surface area contributed by atoms with Gasteiger partial charge in [-0.25, -0.2) is 0 Å². The summed E-state index contributed by atoms with van der Waals surface area (Å²) < 4.78 is 9.65. The topological polar surface area (TPSA) is 35.5 Å². The first-order chi connectivity index (χ1) is 5.29. The molecule has 0 aliphatic rings. The second-order valence-electron chi connectivity index (χ2n) is 1.97. The molecule has 1 atom stereocenters. The van der Waals surface area contributed by atoms with Crippen LogP contribution in [0.15, 0.2) is 0 Å². The maximum absolute atomic E-state index is 10.3. The van der Waals surface area contributed by atoms with Crippen molar-refractivity contribution in [1.29, 1.82) is 0 Å². The Kier molecular flexibility index (Phi) is 5.44. The number of hydrogen-bond donors (Lipinski definition) is 0. The van der Waals surface area contributed by atoms with E-state index in [1.54, 1.807) is 6.29 Å². The van der Waals surface area contributed by atoms with Crippen LogP contribution in [0.4, 0.5) is 0 Å². The van der Waals surface area contributed by atoms with Crippen molar-refractivity contribution in [2.45, 2.75) is 12.7 Å². The molecule has 0 bridgehead atoms. The van der Waals surface area contributed by atoms with E-state index in [0.717, 1.165) is 0 Å². The van der Waals surface area contributed by atoms with Crippen molar-refractivity contribution in [3.63, 3.8) is 0 Å². The number of terminal acetylenes is 1. The molecule has 0 aliphatic heterocycles. The van der Waals surface area contributed by atoms with Crippen LogP contribution in [0.1, 0.15) is 6.42 Å². The van der Waals surface area contributed by atoms with Crippen LogP contribution >= 0.6 is 0 Å². The maximum atomic E-state index is 10.3. The molecular weight excluding hydrogens is 144 g/mol.